The third kappa shape index (κ3) is 4.77. The topological polar surface area (TPSA) is 93.2 Å². The lowest BCUT2D eigenvalue weighted by Crippen LogP contribution is -2.20. The second-order valence-corrected chi connectivity index (χ2v) is 6.49. The van der Waals surface area contributed by atoms with Crippen LogP contribution in [-0.4, -0.2) is 28.4 Å². The lowest BCUT2D eigenvalue weighted by Gasteiger charge is -2.09. The van der Waals surface area contributed by atoms with Crippen LogP contribution in [0.1, 0.15) is 10.4 Å². The van der Waals surface area contributed by atoms with Gasteiger partial charge >= 0.3 is 0 Å². The van der Waals surface area contributed by atoms with Crippen molar-refractivity contribution in [3.63, 3.8) is 0 Å². The van der Waals surface area contributed by atoms with E-state index in [4.69, 9.17) is 4.74 Å². The number of pyridine rings is 2. The van der Waals surface area contributed by atoms with E-state index in [0.29, 0.717) is 22.7 Å². The van der Waals surface area contributed by atoms with E-state index in [-0.39, 0.29) is 18.4 Å². The number of aromatic nitrogens is 2. The number of nitrogens with one attached hydrogen (secondary N) is 2. The molecule has 7 heteroatoms. The number of hydrogen-bond donors (Lipinski definition) is 2. The van der Waals surface area contributed by atoms with Crippen LogP contribution in [0.15, 0.2) is 85.5 Å². The Balaban J connectivity index is 1.31. The molecule has 0 saturated heterocycles. The highest BCUT2D eigenvalue weighted by atomic mass is 16.5. The first kappa shape index (κ1) is 19.1. The molecule has 0 aliphatic heterocycles. The maximum Gasteiger partial charge on any atom is 0.262 e. The smallest absolute Gasteiger partial charge is 0.262 e. The number of ether oxygens (including phenoxy) is 1. The highest BCUT2D eigenvalue weighted by molar-refractivity contribution is 6.04. The standard InChI is InChI=1S/C23H18N4O3/c28-22(26-20-4-1-18-14-25-10-7-17(18)13-20)15-30-21-5-2-16(3-6-21)23(29)27-19-8-11-24-12-9-19/h1-14H,15H2,(H,26,28)(H,24,27,29). The van der Waals surface area contributed by atoms with Gasteiger partial charge in [0, 0.05) is 47.1 Å². The van der Waals surface area contributed by atoms with Crippen LogP contribution in [0.3, 0.4) is 0 Å². The zero-order valence-electron chi connectivity index (χ0n) is 15.9. The van der Waals surface area contributed by atoms with Crippen LogP contribution in [0.4, 0.5) is 11.4 Å². The van der Waals surface area contributed by atoms with Gasteiger partial charge in [-0.15, -0.1) is 0 Å². The van der Waals surface area contributed by atoms with Crippen LogP contribution < -0.4 is 15.4 Å². The molecule has 7 nitrogen and oxygen atoms in total. The first-order chi connectivity index (χ1) is 14.7. The summed E-state index contributed by atoms with van der Waals surface area (Å²) in [6.45, 7) is -0.142. The minimum Gasteiger partial charge on any atom is -0.484 e. The Kier molecular flexibility index (Phi) is 5.61. The zero-order chi connectivity index (χ0) is 20.8. The van der Waals surface area contributed by atoms with Crippen molar-refractivity contribution in [2.45, 2.75) is 0 Å². The number of nitrogens with zero attached hydrogens (tertiary/aromatic N) is 2. The minimum atomic E-state index is -0.275. The molecule has 0 radical (unpaired) electrons. The number of hydrogen-bond acceptors (Lipinski definition) is 5. The van der Waals surface area contributed by atoms with E-state index >= 15 is 0 Å². The van der Waals surface area contributed by atoms with Gasteiger partial charge in [0.1, 0.15) is 5.75 Å². The van der Waals surface area contributed by atoms with E-state index in [1.807, 2.05) is 24.3 Å². The van der Waals surface area contributed by atoms with Crippen LogP contribution in [0.25, 0.3) is 10.8 Å². The Hall–Kier alpha value is -4.26. The molecule has 0 aliphatic carbocycles. The first-order valence-electron chi connectivity index (χ1n) is 9.25. The van der Waals surface area contributed by atoms with Gasteiger partial charge in [-0.1, -0.05) is 6.07 Å². The predicted octanol–water partition coefficient (Wildman–Crippen LogP) is 3.90. The SMILES string of the molecule is O=C(COc1ccc(C(=O)Nc2ccncc2)cc1)Nc1ccc2cnccc2c1. The fourth-order valence-corrected chi connectivity index (χ4v) is 2.85. The van der Waals surface area contributed by atoms with Crippen molar-refractivity contribution in [1.29, 1.82) is 0 Å². The Morgan fingerprint density at radius 2 is 1.53 bits per heavy atom. The van der Waals surface area contributed by atoms with Gasteiger partial charge in [-0.25, -0.2) is 0 Å². The van der Waals surface area contributed by atoms with Crippen molar-refractivity contribution in [2.75, 3.05) is 17.2 Å². The lowest BCUT2D eigenvalue weighted by molar-refractivity contribution is -0.118. The second-order valence-electron chi connectivity index (χ2n) is 6.49. The summed E-state index contributed by atoms with van der Waals surface area (Å²) in [7, 11) is 0. The van der Waals surface area contributed by atoms with Crippen molar-refractivity contribution in [2.24, 2.45) is 0 Å². The molecular weight excluding hydrogens is 380 g/mol. The number of amides is 2. The quantitative estimate of drug-likeness (QED) is 0.514. The zero-order valence-corrected chi connectivity index (χ0v) is 15.9. The van der Waals surface area contributed by atoms with Crippen molar-refractivity contribution in [3.05, 3.63) is 91.0 Å². The summed E-state index contributed by atoms with van der Waals surface area (Å²) in [6, 6.07) is 17.5. The Morgan fingerprint density at radius 3 is 2.33 bits per heavy atom. The van der Waals surface area contributed by atoms with Crippen LogP contribution >= 0.6 is 0 Å². The van der Waals surface area contributed by atoms with Gasteiger partial charge in [0.2, 0.25) is 0 Å². The molecule has 4 rings (SSSR count). The molecule has 2 amide bonds. The molecule has 2 heterocycles. The Labute approximate surface area is 172 Å². The summed E-state index contributed by atoms with van der Waals surface area (Å²) >= 11 is 0. The predicted molar refractivity (Wildman–Crippen MR) is 114 cm³/mol. The van der Waals surface area contributed by atoms with Gasteiger partial charge in [0.05, 0.1) is 0 Å². The molecule has 0 fully saturated rings. The number of benzene rings is 2. The van der Waals surface area contributed by atoms with Crippen LogP contribution in [0.2, 0.25) is 0 Å². The molecule has 30 heavy (non-hydrogen) atoms. The van der Waals surface area contributed by atoms with E-state index < -0.39 is 0 Å². The summed E-state index contributed by atoms with van der Waals surface area (Å²) in [4.78, 5) is 32.4. The normalized spacial score (nSPS) is 10.4. The maximum atomic E-state index is 12.2. The molecule has 0 unspecified atom stereocenters. The largest absolute Gasteiger partial charge is 0.484 e. The highest BCUT2D eigenvalue weighted by Crippen LogP contribution is 2.18. The van der Waals surface area contributed by atoms with Crippen molar-refractivity contribution >= 4 is 34.0 Å². The molecule has 0 bridgehead atoms. The fraction of sp³-hybridized carbons (Fsp3) is 0.0435. The third-order valence-electron chi connectivity index (χ3n) is 4.35. The third-order valence-corrected chi connectivity index (χ3v) is 4.35. The summed E-state index contributed by atoms with van der Waals surface area (Å²) in [5.41, 5.74) is 1.83. The fourth-order valence-electron chi connectivity index (χ4n) is 2.85. The van der Waals surface area contributed by atoms with Crippen LogP contribution in [0.5, 0.6) is 5.75 Å². The first-order valence-corrected chi connectivity index (χ1v) is 9.25. The van der Waals surface area contributed by atoms with E-state index in [1.165, 1.54) is 0 Å². The second kappa shape index (κ2) is 8.83. The number of fused-ring (bicyclic) bond motifs is 1. The number of carbonyl (C=O) groups is 2. The number of carbonyl (C=O) groups excluding carboxylic acids is 2. The number of anilines is 2. The molecule has 2 N–H and O–H groups in total. The van der Waals surface area contributed by atoms with E-state index in [2.05, 4.69) is 20.6 Å². The molecule has 4 aromatic rings. The van der Waals surface area contributed by atoms with Crippen molar-refractivity contribution in [3.8, 4) is 5.75 Å². The highest BCUT2D eigenvalue weighted by Gasteiger charge is 2.08. The van der Waals surface area contributed by atoms with Crippen molar-refractivity contribution in [1.82, 2.24) is 9.97 Å². The van der Waals surface area contributed by atoms with Gasteiger partial charge in [-0.05, 0) is 60.0 Å². The van der Waals surface area contributed by atoms with E-state index in [1.54, 1.807) is 61.2 Å². The Bertz CT molecular complexity index is 1180. The summed E-state index contributed by atoms with van der Waals surface area (Å²) in [5.74, 6) is -0.0184. The summed E-state index contributed by atoms with van der Waals surface area (Å²) in [5, 5.41) is 7.58. The van der Waals surface area contributed by atoms with Gasteiger partial charge in [0.15, 0.2) is 6.61 Å². The maximum absolute atomic E-state index is 12.2. The Morgan fingerprint density at radius 1 is 0.767 bits per heavy atom. The molecule has 0 aliphatic rings. The molecule has 2 aromatic heterocycles. The van der Waals surface area contributed by atoms with E-state index in [9.17, 15) is 9.59 Å². The molecule has 0 spiro atoms. The van der Waals surface area contributed by atoms with Crippen molar-refractivity contribution < 1.29 is 14.3 Å². The molecule has 148 valence electrons. The van der Waals surface area contributed by atoms with Crippen LogP contribution in [-0.2, 0) is 4.79 Å². The summed E-state index contributed by atoms with van der Waals surface area (Å²) in [6.07, 6.45) is 6.68. The average Bonchev–Trinajstić information content (AvgIpc) is 2.78. The molecule has 2 aromatic carbocycles. The monoisotopic (exact) mass is 398 g/mol. The van der Waals surface area contributed by atoms with Gasteiger partial charge in [0.25, 0.3) is 11.8 Å². The summed E-state index contributed by atoms with van der Waals surface area (Å²) < 4.78 is 5.52. The number of rotatable bonds is 6. The van der Waals surface area contributed by atoms with E-state index in [0.717, 1.165) is 10.8 Å². The lowest BCUT2D eigenvalue weighted by atomic mass is 10.1. The molecule has 0 atom stereocenters. The molecule has 0 saturated carbocycles. The van der Waals surface area contributed by atoms with Crippen LogP contribution in [0, 0.1) is 0 Å². The van der Waals surface area contributed by atoms with Gasteiger partial charge in [-0.3, -0.25) is 19.6 Å². The average molecular weight is 398 g/mol. The van der Waals surface area contributed by atoms with Gasteiger partial charge in [-0.2, -0.15) is 0 Å². The minimum absolute atomic E-state index is 0.142. The molecular formula is C23H18N4O3. The van der Waals surface area contributed by atoms with Gasteiger partial charge < -0.3 is 15.4 Å².